The van der Waals surface area contributed by atoms with Crippen molar-refractivity contribution in [3.63, 3.8) is 0 Å². The van der Waals surface area contributed by atoms with Crippen molar-refractivity contribution in [2.75, 3.05) is 0 Å². The molecule has 4 heteroatoms. The van der Waals surface area contributed by atoms with Gasteiger partial charge in [-0.3, -0.25) is 4.79 Å². The highest BCUT2D eigenvalue weighted by molar-refractivity contribution is 7.23. The number of rotatable bonds is 9. The number of carbonyl (C=O) groups is 1. The van der Waals surface area contributed by atoms with Crippen molar-refractivity contribution in [3.8, 4) is 9.75 Å². The van der Waals surface area contributed by atoms with E-state index in [2.05, 4.69) is 61.5 Å². The summed E-state index contributed by atoms with van der Waals surface area (Å²) in [6.45, 7) is 2.26. The van der Waals surface area contributed by atoms with Gasteiger partial charge in [0.1, 0.15) is 11.5 Å². The molecule has 0 fully saturated rings. The Bertz CT molecular complexity index is 1480. The van der Waals surface area contributed by atoms with Gasteiger partial charge < -0.3 is 4.74 Å². The lowest BCUT2D eigenvalue weighted by Gasteiger charge is -2.19. The van der Waals surface area contributed by atoms with Gasteiger partial charge >= 0.3 is 0 Å². The van der Waals surface area contributed by atoms with E-state index < -0.39 is 0 Å². The summed E-state index contributed by atoms with van der Waals surface area (Å²) in [4.78, 5) is 16.3. The van der Waals surface area contributed by atoms with Crippen LogP contribution in [0.4, 0.5) is 0 Å². The van der Waals surface area contributed by atoms with Gasteiger partial charge in [0.05, 0.1) is 4.88 Å². The predicted octanol–water partition coefficient (Wildman–Crippen LogP) is 10.2. The Balaban J connectivity index is 1.38. The van der Waals surface area contributed by atoms with E-state index in [1.165, 1.54) is 51.4 Å². The number of hydrogen-bond donors (Lipinski definition) is 0. The van der Waals surface area contributed by atoms with Crippen molar-refractivity contribution in [2.24, 2.45) is 0 Å². The second-order valence-corrected chi connectivity index (χ2v) is 12.0. The van der Waals surface area contributed by atoms with Crippen LogP contribution < -0.4 is 0 Å². The molecule has 0 saturated carbocycles. The van der Waals surface area contributed by atoms with E-state index >= 15 is 0 Å². The molecule has 0 saturated heterocycles. The fourth-order valence-corrected chi connectivity index (χ4v) is 7.76. The summed E-state index contributed by atoms with van der Waals surface area (Å²) in [5, 5.41) is 0. The van der Waals surface area contributed by atoms with Gasteiger partial charge in [0.2, 0.25) is 0 Å². The average Bonchev–Trinajstić information content (AvgIpc) is 3.63. The van der Waals surface area contributed by atoms with Crippen LogP contribution in [0.1, 0.15) is 81.7 Å². The molecule has 2 aromatic carbocycles. The molecule has 1 aliphatic carbocycles. The summed E-state index contributed by atoms with van der Waals surface area (Å²) < 4.78 is 6.38. The number of ether oxygens (including phenoxy) is 1. The van der Waals surface area contributed by atoms with Crippen molar-refractivity contribution in [1.82, 2.24) is 0 Å². The predicted molar refractivity (Wildman–Crippen MR) is 162 cm³/mol. The maximum atomic E-state index is 11.6. The van der Waals surface area contributed by atoms with Gasteiger partial charge in [0.15, 0.2) is 6.29 Å². The Morgan fingerprint density at radius 3 is 1.92 bits per heavy atom. The number of thiophene rings is 2. The number of benzene rings is 2. The lowest BCUT2D eigenvalue weighted by atomic mass is 9.92. The second kappa shape index (κ2) is 11.1. The number of hydrogen-bond acceptors (Lipinski definition) is 4. The molecule has 0 radical (unpaired) electrons. The molecule has 0 amide bonds. The maximum absolute atomic E-state index is 11.6. The number of allylic oxidation sites excluding steroid dienone is 3. The normalized spacial score (nSPS) is 15.8. The third-order valence-electron chi connectivity index (χ3n) is 7.22. The fraction of sp³-hybridized carbons (Fsp3) is 0.206. The lowest BCUT2D eigenvalue weighted by molar-refractivity contribution is 0.112. The van der Waals surface area contributed by atoms with Crippen LogP contribution in [0.2, 0.25) is 0 Å². The molecule has 0 N–H and O–H groups in total. The minimum atomic E-state index is 0.394. The SMILES string of the molecule is CCCCCCC1c2cc(C=O)sc2-c2sc(C=C3C=C(c4ccccc4)OC(c4ccccc4)=C3)cc21. The van der Waals surface area contributed by atoms with Gasteiger partial charge in [-0.2, -0.15) is 0 Å². The summed E-state index contributed by atoms with van der Waals surface area (Å²) in [6, 6.07) is 25.1. The zero-order chi connectivity index (χ0) is 25.9. The monoisotopic (exact) mass is 534 g/mol. The van der Waals surface area contributed by atoms with E-state index in [9.17, 15) is 4.79 Å². The summed E-state index contributed by atoms with van der Waals surface area (Å²) >= 11 is 3.49. The quantitative estimate of drug-likeness (QED) is 0.158. The second-order valence-electron chi connectivity index (χ2n) is 9.88. The van der Waals surface area contributed by atoms with E-state index in [4.69, 9.17) is 4.74 Å². The van der Waals surface area contributed by atoms with Crippen LogP contribution in [-0.2, 0) is 4.74 Å². The highest BCUT2D eigenvalue weighted by Crippen LogP contribution is 2.54. The van der Waals surface area contributed by atoms with E-state index in [0.29, 0.717) is 5.92 Å². The van der Waals surface area contributed by atoms with E-state index in [1.54, 1.807) is 11.3 Å². The number of unbranched alkanes of at least 4 members (excludes halogenated alkanes) is 3. The number of aldehydes is 1. The van der Waals surface area contributed by atoms with Gasteiger partial charge in [0, 0.05) is 31.7 Å². The molecule has 0 spiro atoms. The number of fused-ring (bicyclic) bond motifs is 3. The summed E-state index contributed by atoms with van der Waals surface area (Å²) in [5.74, 6) is 2.10. The van der Waals surface area contributed by atoms with Crippen molar-refractivity contribution in [1.29, 1.82) is 0 Å². The average molecular weight is 535 g/mol. The first-order valence-corrected chi connectivity index (χ1v) is 15.0. The molecule has 190 valence electrons. The highest BCUT2D eigenvalue weighted by atomic mass is 32.1. The zero-order valence-corrected chi connectivity index (χ0v) is 23.1. The largest absolute Gasteiger partial charge is 0.456 e. The summed E-state index contributed by atoms with van der Waals surface area (Å²) in [6.07, 6.45) is 13.7. The molecule has 0 bridgehead atoms. The molecule has 2 aliphatic rings. The Morgan fingerprint density at radius 1 is 0.763 bits per heavy atom. The van der Waals surface area contributed by atoms with Gasteiger partial charge in [-0.1, -0.05) is 93.3 Å². The molecule has 1 aliphatic heterocycles. The Labute approximate surface area is 232 Å². The van der Waals surface area contributed by atoms with Crippen LogP contribution in [0.5, 0.6) is 0 Å². The molecule has 38 heavy (non-hydrogen) atoms. The van der Waals surface area contributed by atoms with E-state index in [-0.39, 0.29) is 0 Å². The smallest absolute Gasteiger partial charge is 0.160 e. The highest BCUT2D eigenvalue weighted by Gasteiger charge is 2.33. The molecule has 4 aromatic rings. The Kier molecular flexibility index (Phi) is 7.26. The Morgan fingerprint density at radius 2 is 1.34 bits per heavy atom. The maximum Gasteiger partial charge on any atom is 0.160 e. The Hall–Kier alpha value is -3.47. The molecule has 2 aromatic heterocycles. The molecule has 1 atom stereocenters. The van der Waals surface area contributed by atoms with Crippen LogP contribution in [0, 0.1) is 0 Å². The molecule has 6 rings (SSSR count). The fourth-order valence-electron chi connectivity index (χ4n) is 5.36. The van der Waals surface area contributed by atoms with Crippen molar-refractivity contribution >= 4 is 46.6 Å². The van der Waals surface area contributed by atoms with Gasteiger partial charge in [0.25, 0.3) is 0 Å². The molecule has 1 unspecified atom stereocenters. The lowest BCUT2D eigenvalue weighted by Crippen LogP contribution is -1.99. The van der Waals surface area contributed by atoms with Crippen LogP contribution in [0.15, 0.2) is 90.5 Å². The molecule has 3 heterocycles. The molecular formula is C34H30O2S2. The van der Waals surface area contributed by atoms with Crippen molar-refractivity contribution in [3.05, 3.63) is 123 Å². The topological polar surface area (TPSA) is 26.3 Å². The van der Waals surface area contributed by atoms with Crippen molar-refractivity contribution < 1.29 is 9.53 Å². The van der Waals surface area contributed by atoms with Gasteiger partial charge in [-0.25, -0.2) is 0 Å². The van der Waals surface area contributed by atoms with Gasteiger partial charge in [-0.15, -0.1) is 22.7 Å². The van der Waals surface area contributed by atoms with Crippen molar-refractivity contribution in [2.45, 2.75) is 44.9 Å². The first-order chi connectivity index (χ1) is 18.7. The summed E-state index contributed by atoms with van der Waals surface area (Å²) in [5.41, 5.74) is 6.03. The standard InChI is InChI=1S/C34H30O2S2/c1-2-3-4-11-16-28-29-20-26(37-33(29)34-30(28)21-27(22-35)38-34)17-23-18-31(24-12-7-5-8-13-24)36-32(19-23)25-14-9-6-10-15-25/h5-10,12-15,17-22,28H,2-4,11,16H2,1H3. The van der Waals surface area contributed by atoms with Crippen LogP contribution in [0.25, 0.3) is 27.3 Å². The van der Waals surface area contributed by atoms with Gasteiger partial charge in [-0.05, 0) is 53.5 Å². The first-order valence-electron chi connectivity index (χ1n) is 13.4. The minimum Gasteiger partial charge on any atom is -0.456 e. The van der Waals surface area contributed by atoms with Crippen LogP contribution in [-0.4, -0.2) is 6.29 Å². The first kappa shape index (κ1) is 24.8. The third kappa shape index (κ3) is 4.99. The van der Waals surface area contributed by atoms with Crippen LogP contribution >= 0.6 is 22.7 Å². The molecule has 2 nitrogen and oxygen atoms in total. The van der Waals surface area contributed by atoms with E-state index in [1.807, 2.05) is 47.7 Å². The number of carbonyl (C=O) groups excluding carboxylic acids is 1. The van der Waals surface area contributed by atoms with E-state index in [0.717, 1.165) is 45.8 Å². The minimum absolute atomic E-state index is 0.394. The summed E-state index contributed by atoms with van der Waals surface area (Å²) in [7, 11) is 0. The molecular weight excluding hydrogens is 505 g/mol. The zero-order valence-electron chi connectivity index (χ0n) is 21.5. The van der Waals surface area contributed by atoms with Crippen LogP contribution in [0.3, 0.4) is 0 Å². The third-order valence-corrected chi connectivity index (χ3v) is 9.56.